The highest BCUT2D eigenvalue weighted by Crippen LogP contribution is 2.24. The Balaban J connectivity index is 0.00000225. The standard InChI is InChI=1S/C9H12N2O4.H3N/c1-14-8-4-3-7(6-11(13)10-12)9(5-8)15-2;/h3-5,12H,6H2,1-2H3;1H3. The van der Waals surface area contributed by atoms with Crippen molar-refractivity contribution in [2.75, 3.05) is 14.2 Å². The average Bonchev–Trinajstić information content (AvgIpc) is 2.29. The fourth-order valence-electron chi connectivity index (χ4n) is 1.16. The molecule has 0 aliphatic heterocycles. The third-order valence-electron chi connectivity index (χ3n) is 1.90. The smallest absolute Gasteiger partial charge is 0.212 e. The van der Waals surface area contributed by atoms with Crippen LogP contribution in [0.25, 0.3) is 0 Å². The van der Waals surface area contributed by atoms with Crippen molar-refractivity contribution in [1.82, 2.24) is 6.15 Å². The van der Waals surface area contributed by atoms with Gasteiger partial charge in [-0.3, -0.25) is 0 Å². The first-order valence-electron chi connectivity index (χ1n) is 4.22. The van der Waals surface area contributed by atoms with Gasteiger partial charge >= 0.3 is 0 Å². The van der Waals surface area contributed by atoms with E-state index in [2.05, 4.69) is 5.28 Å². The summed E-state index contributed by atoms with van der Waals surface area (Å²) in [5.74, 6) is 1.15. The van der Waals surface area contributed by atoms with Crippen LogP contribution in [0.15, 0.2) is 23.5 Å². The molecule has 4 N–H and O–H groups in total. The summed E-state index contributed by atoms with van der Waals surface area (Å²) in [5, 5.41) is 21.5. The van der Waals surface area contributed by atoms with Crippen LogP contribution >= 0.6 is 0 Å². The molecule has 0 bridgehead atoms. The van der Waals surface area contributed by atoms with Gasteiger partial charge in [-0.25, -0.2) is 0 Å². The third kappa shape index (κ3) is 3.28. The molecular weight excluding hydrogens is 214 g/mol. The molecule has 0 aliphatic rings. The monoisotopic (exact) mass is 229 g/mol. The molecule has 0 saturated heterocycles. The Labute approximate surface area is 93.0 Å². The van der Waals surface area contributed by atoms with E-state index in [9.17, 15) is 5.21 Å². The van der Waals surface area contributed by atoms with E-state index in [1.165, 1.54) is 14.2 Å². The molecule has 0 aromatic heterocycles. The van der Waals surface area contributed by atoms with Gasteiger partial charge in [0, 0.05) is 6.07 Å². The van der Waals surface area contributed by atoms with Gasteiger partial charge in [0.05, 0.1) is 19.8 Å². The number of rotatable bonds is 4. The SMILES string of the molecule is COc1ccc(C[N+]([O-])=NO)c(OC)c1.N. The molecule has 0 heterocycles. The van der Waals surface area contributed by atoms with Crippen LogP contribution in [0.5, 0.6) is 11.5 Å². The van der Waals surface area contributed by atoms with Gasteiger partial charge in [0.15, 0.2) is 5.28 Å². The van der Waals surface area contributed by atoms with Crippen molar-refractivity contribution in [3.8, 4) is 11.5 Å². The summed E-state index contributed by atoms with van der Waals surface area (Å²) < 4.78 is 10.1. The largest absolute Gasteiger partial charge is 0.597 e. The van der Waals surface area contributed by atoms with Gasteiger partial charge in [-0.05, 0) is 12.1 Å². The second-order valence-electron chi connectivity index (χ2n) is 2.78. The fourth-order valence-corrected chi connectivity index (χ4v) is 1.16. The van der Waals surface area contributed by atoms with E-state index < -0.39 is 0 Å². The number of nitrogens with zero attached hydrogens (tertiary/aromatic N) is 2. The van der Waals surface area contributed by atoms with E-state index in [1.807, 2.05) is 0 Å². The van der Waals surface area contributed by atoms with Crippen molar-refractivity contribution >= 4 is 0 Å². The van der Waals surface area contributed by atoms with Crippen molar-refractivity contribution in [3.05, 3.63) is 29.0 Å². The Morgan fingerprint density at radius 2 is 2.06 bits per heavy atom. The van der Waals surface area contributed by atoms with Crippen LogP contribution in [0.4, 0.5) is 0 Å². The first-order valence-corrected chi connectivity index (χ1v) is 4.22. The van der Waals surface area contributed by atoms with Crippen LogP contribution in [0.1, 0.15) is 5.56 Å². The Morgan fingerprint density at radius 1 is 1.38 bits per heavy atom. The molecule has 0 radical (unpaired) electrons. The first-order chi connectivity index (χ1) is 7.21. The molecule has 7 heteroatoms. The highest BCUT2D eigenvalue weighted by Gasteiger charge is 2.09. The lowest BCUT2D eigenvalue weighted by atomic mass is 10.2. The quantitative estimate of drug-likeness (QED) is 0.463. The van der Waals surface area contributed by atoms with Crippen LogP contribution in [0.3, 0.4) is 0 Å². The molecular formula is C9H15N3O4. The molecule has 7 nitrogen and oxygen atoms in total. The highest BCUT2D eigenvalue weighted by molar-refractivity contribution is 5.40. The highest BCUT2D eigenvalue weighted by atomic mass is 16.6. The summed E-state index contributed by atoms with van der Waals surface area (Å²) in [5.41, 5.74) is 0.617. The Kier molecular flexibility index (Phi) is 5.65. The summed E-state index contributed by atoms with van der Waals surface area (Å²) in [6.07, 6.45) is 0. The summed E-state index contributed by atoms with van der Waals surface area (Å²) in [6, 6.07) is 5.03. The molecule has 16 heavy (non-hydrogen) atoms. The third-order valence-corrected chi connectivity index (χ3v) is 1.90. The Morgan fingerprint density at radius 3 is 2.56 bits per heavy atom. The lowest BCUT2D eigenvalue weighted by Crippen LogP contribution is -2.02. The maximum Gasteiger partial charge on any atom is 0.212 e. The minimum Gasteiger partial charge on any atom is -0.597 e. The molecule has 1 aromatic carbocycles. The molecule has 1 aromatic rings. The van der Waals surface area contributed by atoms with E-state index in [0.29, 0.717) is 17.1 Å². The van der Waals surface area contributed by atoms with Crippen LogP contribution < -0.4 is 15.6 Å². The fraction of sp³-hybridized carbons (Fsp3) is 0.333. The van der Waals surface area contributed by atoms with E-state index in [-0.39, 0.29) is 17.6 Å². The van der Waals surface area contributed by atoms with E-state index in [0.717, 1.165) is 0 Å². The van der Waals surface area contributed by atoms with Crippen molar-refractivity contribution in [3.63, 3.8) is 0 Å². The van der Waals surface area contributed by atoms with Crippen LogP contribution in [-0.2, 0) is 6.54 Å². The molecule has 90 valence electrons. The maximum atomic E-state index is 10.8. The van der Waals surface area contributed by atoms with Gasteiger partial charge in [-0.2, -0.15) is 0 Å². The summed E-state index contributed by atoms with van der Waals surface area (Å²) in [7, 11) is 3.03. The van der Waals surface area contributed by atoms with Gasteiger partial charge in [-0.1, -0.05) is 4.86 Å². The van der Waals surface area contributed by atoms with Crippen molar-refractivity contribution in [2.45, 2.75) is 6.54 Å². The zero-order chi connectivity index (χ0) is 11.3. The minimum atomic E-state index is -0.0797. The van der Waals surface area contributed by atoms with Crippen molar-refractivity contribution < 1.29 is 19.5 Å². The predicted octanol–water partition coefficient (Wildman–Crippen LogP) is 1.72. The Bertz CT molecular complexity index is 368. The number of hydrogen-bond acceptors (Lipinski definition) is 5. The van der Waals surface area contributed by atoms with Crippen LogP contribution in [0.2, 0.25) is 0 Å². The van der Waals surface area contributed by atoms with Crippen molar-refractivity contribution in [2.24, 2.45) is 5.28 Å². The molecule has 0 saturated carbocycles. The van der Waals surface area contributed by atoms with Gasteiger partial charge in [0.1, 0.15) is 11.5 Å². The minimum absolute atomic E-state index is 0. The number of benzene rings is 1. The molecule has 0 unspecified atom stereocenters. The molecule has 0 spiro atoms. The molecule has 1 rings (SSSR count). The van der Waals surface area contributed by atoms with Gasteiger partial charge in [0.25, 0.3) is 0 Å². The normalized spacial score (nSPS) is 10.5. The van der Waals surface area contributed by atoms with Crippen LogP contribution in [-0.4, -0.2) is 24.3 Å². The summed E-state index contributed by atoms with van der Waals surface area (Å²) in [6.45, 7) is -0.0797. The maximum absolute atomic E-state index is 10.8. The zero-order valence-corrected chi connectivity index (χ0v) is 9.21. The van der Waals surface area contributed by atoms with Gasteiger partial charge in [-0.15, -0.1) is 0 Å². The Hall–Kier alpha value is -2.02. The van der Waals surface area contributed by atoms with Gasteiger partial charge < -0.3 is 26.0 Å². The van der Waals surface area contributed by atoms with Crippen LogP contribution in [0, 0.1) is 5.21 Å². The van der Waals surface area contributed by atoms with Gasteiger partial charge in [0.2, 0.25) is 6.54 Å². The zero-order valence-electron chi connectivity index (χ0n) is 9.21. The average molecular weight is 229 g/mol. The lowest BCUT2D eigenvalue weighted by molar-refractivity contribution is -0.570. The van der Waals surface area contributed by atoms with Crippen molar-refractivity contribution in [1.29, 1.82) is 0 Å². The number of hydroxylamine groups is 1. The molecule has 0 amide bonds. The second kappa shape index (κ2) is 6.46. The van der Waals surface area contributed by atoms with E-state index in [4.69, 9.17) is 14.7 Å². The predicted molar refractivity (Wildman–Crippen MR) is 56.1 cm³/mol. The second-order valence-corrected chi connectivity index (χ2v) is 2.78. The lowest BCUT2D eigenvalue weighted by Gasteiger charge is -2.08. The van der Waals surface area contributed by atoms with E-state index >= 15 is 0 Å². The number of hydrogen-bond donors (Lipinski definition) is 2. The summed E-state index contributed by atoms with van der Waals surface area (Å²) in [4.78, 5) is 0.157. The molecule has 0 fully saturated rings. The number of methoxy groups -OCH3 is 2. The van der Waals surface area contributed by atoms with E-state index in [1.54, 1.807) is 18.2 Å². The topological polar surface area (TPSA) is 112 Å². The number of ether oxygens (including phenoxy) is 2. The first kappa shape index (κ1) is 14.0. The summed E-state index contributed by atoms with van der Waals surface area (Å²) >= 11 is 0. The molecule has 0 aliphatic carbocycles. The molecule has 0 atom stereocenters.